The molecule has 0 spiro atoms. The van der Waals surface area contributed by atoms with E-state index in [-0.39, 0.29) is 11.8 Å². The third kappa shape index (κ3) is 5.09. The minimum atomic E-state index is -0.0602. The Kier molecular flexibility index (Phi) is 6.10. The van der Waals surface area contributed by atoms with Crippen molar-refractivity contribution in [3.05, 3.63) is 0 Å². The first-order valence-electron chi connectivity index (χ1n) is 3.64. The third-order valence-electron chi connectivity index (χ3n) is 1.30. The van der Waals surface area contributed by atoms with Gasteiger partial charge in [0.25, 0.3) is 0 Å². The normalized spacial score (nSPS) is 15.8. The average Bonchev–Trinajstić information content (AvgIpc) is 2.19. The van der Waals surface area contributed by atoms with Crippen LogP contribution in [0.15, 0.2) is 0 Å². The summed E-state index contributed by atoms with van der Waals surface area (Å²) in [6.45, 7) is 2.12. The van der Waals surface area contributed by atoms with Gasteiger partial charge in [-0.15, -0.1) is 22.4 Å². The predicted octanol–water partition coefficient (Wildman–Crippen LogP) is 1.18. The highest BCUT2D eigenvalue weighted by Gasteiger charge is 2.24. The minimum absolute atomic E-state index is 0.0602. The molecule has 0 radical (unpaired) electrons. The number of amides is 2. The predicted molar refractivity (Wildman–Crippen MR) is 62.4 cm³/mol. The molecule has 68 valence electrons. The molecule has 6 heteroatoms. The molecule has 0 N–H and O–H groups in total. The molecule has 1 heterocycles. The van der Waals surface area contributed by atoms with Gasteiger partial charge in [0.05, 0.1) is 0 Å². The van der Waals surface area contributed by atoms with E-state index in [1.807, 2.05) is 0 Å². The van der Waals surface area contributed by atoms with E-state index in [1.165, 1.54) is 11.9 Å². The van der Waals surface area contributed by atoms with Crippen LogP contribution in [0.1, 0.15) is 12.8 Å². The van der Waals surface area contributed by atoms with E-state index < -0.39 is 0 Å². The Balaban J connectivity index is 0.000000261. The van der Waals surface area contributed by atoms with Crippen LogP contribution < -0.4 is 0 Å². The van der Waals surface area contributed by atoms with E-state index in [4.69, 9.17) is 0 Å². The Morgan fingerprint density at radius 1 is 1.42 bits per heavy atom. The number of likely N-dealkylation sites (tertiary alicyclic amines) is 1. The highest BCUT2D eigenvalue weighted by Crippen LogP contribution is 2.07. The molecule has 1 unspecified atom stereocenters. The van der Waals surface area contributed by atoms with Crippen LogP contribution in [0.2, 0.25) is 6.82 Å². The van der Waals surface area contributed by atoms with Gasteiger partial charge < -0.3 is 0 Å². The largest absolute Gasteiger partial charge is 0.286 e. The molecule has 12 heavy (non-hydrogen) atoms. The summed E-state index contributed by atoms with van der Waals surface area (Å²) in [6.07, 6.45) is 0.796. The van der Waals surface area contributed by atoms with Crippen molar-refractivity contribution in [2.24, 2.45) is 0 Å². The molecular weight excluding hydrogens is 287 g/mol. The fourth-order valence-corrected chi connectivity index (χ4v) is 0.688. The molecule has 1 fully saturated rings. The zero-order valence-electron chi connectivity index (χ0n) is 7.21. The van der Waals surface area contributed by atoms with Crippen LogP contribution in [0.3, 0.4) is 0 Å². The van der Waals surface area contributed by atoms with E-state index in [0.29, 0.717) is 12.8 Å². The van der Waals surface area contributed by atoms with E-state index in [0.717, 1.165) is 4.29 Å². The first-order valence-corrected chi connectivity index (χ1v) is 5.55. The van der Waals surface area contributed by atoms with Gasteiger partial charge in [-0.05, 0) is 0 Å². The Bertz CT molecular complexity index is 170. The summed E-state index contributed by atoms with van der Waals surface area (Å²) in [7, 11) is 4.16. The molecule has 0 bridgehead atoms. The maximum absolute atomic E-state index is 10.5. The molecule has 0 saturated carbocycles. The van der Waals surface area contributed by atoms with Crippen molar-refractivity contribution < 1.29 is 9.59 Å². The van der Waals surface area contributed by atoms with Crippen LogP contribution in [0.4, 0.5) is 0 Å². The summed E-state index contributed by atoms with van der Waals surface area (Å²) in [5.74, 6) is -0.120. The lowest BCUT2D eigenvalue weighted by Gasteiger charge is -2.01. The number of rotatable bonds is 0. The first-order chi connectivity index (χ1) is 5.45. The fraction of sp³-hybridized carbons (Fsp3) is 0.667. The van der Waals surface area contributed by atoms with Gasteiger partial charge in [-0.2, -0.15) is 9.12 Å². The van der Waals surface area contributed by atoms with Crippen molar-refractivity contribution >= 4 is 47.6 Å². The summed E-state index contributed by atoms with van der Waals surface area (Å²) >= 11 is 2.31. The molecule has 0 aromatic rings. The summed E-state index contributed by atoms with van der Waals surface area (Å²) < 4.78 is 0.720. The second-order valence-corrected chi connectivity index (χ2v) is 6.85. The Morgan fingerprint density at radius 3 is 1.75 bits per heavy atom. The Morgan fingerprint density at radius 2 is 1.67 bits per heavy atom. The zero-order valence-corrected chi connectivity index (χ0v) is 10.5. The van der Waals surface area contributed by atoms with Crippen molar-refractivity contribution in [2.75, 3.05) is 7.05 Å². The first kappa shape index (κ1) is 12.4. The highest BCUT2D eigenvalue weighted by molar-refractivity contribution is 14.1. The van der Waals surface area contributed by atoms with Gasteiger partial charge >= 0.3 is 0 Å². The molecule has 1 atom stereocenters. The summed E-state index contributed by atoms with van der Waals surface area (Å²) in [6, 6.07) is 0. The zero-order chi connectivity index (χ0) is 9.72. The van der Waals surface area contributed by atoms with Gasteiger partial charge in [0.2, 0.25) is 16.1 Å². The number of halogens is 1. The topological polar surface area (TPSA) is 37.4 Å². The summed E-state index contributed by atoms with van der Waals surface area (Å²) in [5, 5.41) is 0. The highest BCUT2D eigenvalue weighted by atomic mass is 127. The van der Waals surface area contributed by atoms with Crippen molar-refractivity contribution in [2.45, 2.75) is 19.7 Å². The lowest BCUT2D eigenvalue weighted by molar-refractivity contribution is -0.136. The second kappa shape index (κ2) is 5.92. The van der Waals surface area contributed by atoms with Gasteiger partial charge in [0, 0.05) is 19.9 Å². The lowest BCUT2D eigenvalue weighted by atomic mass is 10.2. The molecule has 0 aromatic heterocycles. The van der Waals surface area contributed by atoms with Crippen LogP contribution in [0.25, 0.3) is 0 Å². The van der Waals surface area contributed by atoms with Gasteiger partial charge in [-0.1, -0.05) is 6.82 Å². The number of hydrogen-bond donors (Lipinski definition) is 0. The Labute approximate surface area is 88.8 Å². The fourth-order valence-electron chi connectivity index (χ4n) is 0.688. The average molecular weight is 299 g/mol. The van der Waals surface area contributed by atoms with Gasteiger partial charge in [-0.25, -0.2) is 0 Å². The molecule has 0 aromatic carbocycles. The summed E-state index contributed by atoms with van der Waals surface area (Å²) in [5.41, 5.74) is 0. The molecule has 2 amide bonds. The Hall–Kier alpha value is 0.365. The van der Waals surface area contributed by atoms with Crippen LogP contribution in [-0.4, -0.2) is 28.1 Å². The van der Waals surface area contributed by atoms with Crippen molar-refractivity contribution in [1.82, 2.24) is 4.90 Å². The SMILES string of the molecule is CB(P)I.CN1C(=O)CCC1=O. The quantitative estimate of drug-likeness (QED) is 0.291. The maximum atomic E-state index is 10.5. The van der Waals surface area contributed by atoms with Crippen LogP contribution >= 0.6 is 31.5 Å². The molecule has 1 rings (SSSR count). The second-order valence-electron chi connectivity index (χ2n) is 2.52. The van der Waals surface area contributed by atoms with Crippen molar-refractivity contribution in [1.29, 1.82) is 0 Å². The smallest absolute Gasteiger partial charge is 0.236 e. The third-order valence-corrected chi connectivity index (χ3v) is 1.30. The van der Waals surface area contributed by atoms with Crippen molar-refractivity contribution in [3.63, 3.8) is 0 Å². The molecule has 1 aliphatic rings. The number of hydrogen-bond acceptors (Lipinski definition) is 2. The van der Waals surface area contributed by atoms with E-state index in [2.05, 4.69) is 38.3 Å². The number of imide groups is 1. The van der Waals surface area contributed by atoms with Gasteiger partial charge in [0.15, 0.2) is 0 Å². The molecular formula is C6H12BINO2P. The van der Waals surface area contributed by atoms with E-state index in [1.54, 1.807) is 0 Å². The van der Waals surface area contributed by atoms with E-state index >= 15 is 0 Å². The number of carbonyl (C=O) groups is 2. The lowest BCUT2D eigenvalue weighted by Crippen LogP contribution is -2.23. The van der Waals surface area contributed by atoms with Gasteiger partial charge in [-0.3, -0.25) is 14.5 Å². The standard InChI is InChI=1S/C5H7NO2.CH5BIP/c1-6-4(7)2-3-5(6)8;1-2(3)4/h2-3H2,1H3;4H2,1H3. The van der Waals surface area contributed by atoms with Crippen LogP contribution in [0.5, 0.6) is 0 Å². The van der Waals surface area contributed by atoms with Crippen LogP contribution in [-0.2, 0) is 9.59 Å². The molecule has 3 nitrogen and oxygen atoms in total. The monoisotopic (exact) mass is 299 g/mol. The minimum Gasteiger partial charge on any atom is -0.286 e. The molecule has 1 saturated heterocycles. The van der Waals surface area contributed by atoms with E-state index in [9.17, 15) is 9.59 Å². The number of nitrogens with zero attached hydrogens (tertiary/aromatic N) is 1. The molecule has 0 aliphatic carbocycles. The van der Waals surface area contributed by atoms with Gasteiger partial charge in [0.1, 0.15) is 0 Å². The van der Waals surface area contributed by atoms with Crippen molar-refractivity contribution in [3.8, 4) is 0 Å². The maximum Gasteiger partial charge on any atom is 0.236 e. The summed E-state index contributed by atoms with van der Waals surface area (Å²) in [4.78, 5) is 22.1. The molecule has 1 aliphatic heterocycles. The van der Waals surface area contributed by atoms with Crippen LogP contribution in [0, 0.1) is 0 Å². The number of carbonyl (C=O) groups excluding carboxylic acids is 2.